The summed E-state index contributed by atoms with van der Waals surface area (Å²) in [5.74, 6) is -0.548. The normalized spacial score (nSPS) is 11.6. The highest BCUT2D eigenvalue weighted by Crippen LogP contribution is 2.32. The Kier molecular flexibility index (Phi) is 7.35. The molecule has 0 saturated heterocycles. The zero-order valence-corrected chi connectivity index (χ0v) is 18.1. The molecule has 0 aliphatic heterocycles. The summed E-state index contributed by atoms with van der Waals surface area (Å²) < 4.78 is 26.0. The molecule has 1 N–H and O–H groups in total. The zero-order valence-electron chi connectivity index (χ0n) is 13.5. The molecule has 10 heteroatoms. The molecule has 0 aliphatic rings. The fourth-order valence-electron chi connectivity index (χ4n) is 2.05. The van der Waals surface area contributed by atoms with Gasteiger partial charge in [0.05, 0.1) is 33.6 Å². The van der Waals surface area contributed by atoms with Crippen molar-refractivity contribution in [1.82, 2.24) is 4.31 Å². The highest BCUT2D eigenvalue weighted by Gasteiger charge is 2.21. The fraction of sp³-hybridized carbons (Fsp3) is 0.188. The minimum atomic E-state index is -3.60. The second-order valence-corrected chi connectivity index (χ2v) is 9.57. The highest BCUT2D eigenvalue weighted by molar-refractivity contribution is 9.10. The molecule has 0 atom stereocenters. The number of benzene rings is 2. The Bertz CT molecular complexity index is 921. The summed E-state index contributed by atoms with van der Waals surface area (Å²) in [5.41, 5.74) is 1.00. The molecule has 0 aliphatic carbocycles. The van der Waals surface area contributed by atoms with E-state index in [0.717, 1.165) is 20.6 Å². The van der Waals surface area contributed by atoms with Crippen LogP contribution in [0.5, 0.6) is 0 Å². The van der Waals surface area contributed by atoms with Gasteiger partial charge < -0.3 is 5.32 Å². The van der Waals surface area contributed by atoms with Gasteiger partial charge in [0.2, 0.25) is 15.9 Å². The van der Waals surface area contributed by atoms with E-state index in [4.69, 9.17) is 34.8 Å². The number of sulfonamides is 1. The number of halogens is 4. The van der Waals surface area contributed by atoms with Gasteiger partial charge in [-0.3, -0.25) is 4.79 Å². The Morgan fingerprint density at radius 1 is 1.08 bits per heavy atom. The Morgan fingerprint density at radius 3 is 2.23 bits per heavy atom. The number of carbonyl (C=O) groups excluding carboxylic acids is 1. The maximum Gasteiger partial charge on any atom is 0.239 e. The quantitative estimate of drug-likeness (QED) is 0.579. The number of rotatable bonds is 6. The van der Waals surface area contributed by atoms with Crippen molar-refractivity contribution in [3.63, 3.8) is 0 Å². The molecule has 0 radical (unpaired) electrons. The van der Waals surface area contributed by atoms with Crippen molar-refractivity contribution in [2.45, 2.75) is 6.54 Å². The van der Waals surface area contributed by atoms with Crippen LogP contribution in [0.25, 0.3) is 0 Å². The minimum Gasteiger partial charge on any atom is -0.324 e. The van der Waals surface area contributed by atoms with E-state index in [1.807, 2.05) is 0 Å². The summed E-state index contributed by atoms with van der Waals surface area (Å²) in [6.45, 7) is -0.305. The van der Waals surface area contributed by atoms with Crippen LogP contribution in [0.4, 0.5) is 5.69 Å². The van der Waals surface area contributed by atoms with Crippen molar-refractivity contribution in [2.24, 2.45) is 0 Å². The van der Waals surface area contributed by atoms with E-state index < -0.39 is 15.9 Å². The van der Waals surface area contributed by atoms with E-state index in [2.05, 4.69) is 21.2 Å². The van der Waals surface area contributed by atoms with E-state index in [-0.39, 0.29) is 33.8 Å². The number of hydrogen-bond acceptors (Lipinski definition) is 3. The molecular formula is C16H14BrCl3N2O3S. The lowest BCUT2D eigenvalue weighted by Crippen LogP contribution is -2.36. The van der Waals surface area contributed by atoms with Gasteiger partial charge in [-0.15, -0.1) is 0 Å². The van der Waals surface area contributed by atoms with Crippen LogP contribution < -0.4 is 5.32 Å². The molecule has 140 valence electrons. The molecule has 0 bridgehead atoms. The number of anilines is 1. The summed E-state index contributed by atoms with van der Waals surface area (Å²) in [7, 11) is -3.60. The molecule has 1 amide bonds. The van der Waals surface area contributed by atoms with Crippen molar-refractivity contribution >= 4 is 72.4 Å². The molecule has 2 rings (SSSR count). The van der Waals surface area contributed by atoms with Gasteiger partial charge >= 0.3 is 0 Å². The average molecular weight is 501 g/mol. The molecule has 26 heavy (non-hydrogen) atoms. The molecule has 0 aromatic heterocycles. The first-order valence-corrected chi connectivity index (χ1v) is 11.0. The summed E-state index contributed by atoms with van der Waals surface area (Å²) in [4.78, 5) is 12.3. The summed E-state index contributed by atoms with van der Waals surface area (Å²) in [6, 6.07) is 9.95. The van der Waals surface area contributed by atoms with Crippen LogP contribution in [0.2, 0.25) is 15.1 Å². The topological polar surface area (TPSA) is 66.5 Å². The lowest BCUT2D eigenvalue weighted by molar-refractivity contribution is -0.116. The van der Waals surface area contributed by atoms with Gasteiger partial charge in [-0.25, -0.2) is 8.42 Å². The molecule has 0 heterocycles. The first-order valence-electron chi connectivity index (χ1n) is 7.20. The Hall–Kier alpha value is -0.830. The van der Waals surface area contributed by atoms with Crippen LogP contribution in [-0.4, -0.2) is 31.4 Å². The van der Waals surface area contributed by atoms with Crippen molar-refractivity contribution in [3.8, 4) is 0 Å². The molecule has 2 aromatic rings. The van der Waals surface area contributed by atoms with Gasteiger partial charge in [-0.1, -0.05) is 62.9 Å². The first kappa shape index (κ1) is 21.5. The maximum atomic E-state index is 12.3. The Morgan fingerprint density at radius 2 is 1.65 bits per heavy atom. The number of nitrogens with zero attached hydrogens (tertiary/aromatic N) is 1. The van der Waals surface area contributed by atoms with E-state index in [9.17, 15) is 13.2 Å². The largest absolute Gasteiger partial charge is 0.324 e. The van der Waals surface area contributed by atoms with Gasteiger partial charge in [0.15, 0.2) is 0 Å². The molecule has 5 nitrogen and oxygen atoms in total. The van der Waals surface area contributed by atoms with Gasteiger partial charge in [0.25, 0.3) is 0 Å². The number of nitrogens with one attached hydrogen (secondary N) is 1. The monoisotopic (exact) mass is 498 g/mol. The zero-order chi connectivity index (χ0) is 19.5. The second kappa shape index (κ2) is 8.91. The summed E-state index contributed by atoms with van der Waals surface area (Å²) in [6.07, 6.45) is 1.05. The molecule has 0 spiro atoms. The second-order valence-electron chi connectivity index (χ2n) is 5.45. The third-order valence-corrected chi connectivity index (χ3v) is 6.10. The van der Waals surface area contributed by atoms with Crippen LogP contribution in [0, 0.1) is 0 Å². The molecule has 0 saturated carbocycles. The number of amides is 1. The lowest BCUT2D eigenvalue weighted by atomic mass is 10.2. The summed E-state index contributed by atoms with van der Waals surface area (Å²) >= 11 is 21.1. The van der Waals surface area contributed by atoms with E-state index in [1.165, 1.54) is 12.1 Å². The maximum absolute atomic E-state index is 12.3. The van der Waals surface area contributed by atoms with E-state index >= 15 is 0 Å². The van der Waals surface area contributed by atoms with Crippen molar-refractivity contribution < 1.29 is 13.2 Å². The van der Waals surface area contributed by atoms with E-state index in [0.29, 0.717) is 0 Å². The van der Waals surface area contributed by atoms with Crippen molar-refractivity contribution in [1.29, 1.82) is 0 Å². The number of carbonyl (C=O) groups is 1. The predicted molar refractivity (Wildman–Crippen MR) is 109 cm³/mol. The van der Waals surface area contributed by atoms with Gasteiger partial charge in [0.1, 0.15) is 0 Å². The SMILES string of the molecule is CS(=O)(=O)N(CC(=O)Nc1cc(Cl)c(Cl)cc1Cl)Cc1ccc(Br)cc1. The van der Waals surface area contributed by atoms with Crippen molar-refractivity contribution in [2.75, 3.05) is 18.1 Å². The van der Waals surface area contributed by atoms with Crippen LogP contribution in [-0.2, 0) is 21.4 Å². The van der Waals surface area contributed by atoms with Crippen molar-refractivity contribution in [3.05, 3.63) is 61.5 Å². The molecule has 0 fully saturated rings. The van der Waals surface area contributed by atoms with Crippen LogP contribution in [0.3, 0.4) is 0 Å². The standard InChI is InChI=1S/C16H14BrCl3N2O3S/c1-26(24,25)22(8-10-2-4-11(17)5-3-10)9-16(23)21-15-7-13(19)12(18)6-14(15)20/h2-7H,8-9H2,1H3,(H,21,23). The Balaban J connectivity index is 2.14. The molecule has 2 aromatic carbocycles. The lowest BCUT2D eigenvalue weighted by Gasteiger charge is -2.20. The van der Waals surface area contributed by atoms with Gasteiger partial charge in [0, 0.05) is 11.0 Å². The van der Waals surface area contributed by atoms with E-state index in [1.54, 1.807) is 24.3 Å². The Labute approximate surface area is 175 Å². The first-order chi connectivity index (χ1) is 12.1. The predicted octanol–water partition coefficient (Wildman–Crippen LogP) is 4.81. The summed E-state index contributed by atoms with van der Waals surface area (Å²) in [5, 5.41) is 3.22. The fourth-order valence-corrected chi connectivity index (χ4v) is 3.65. The molecular weight excluding hydrogens is 487 g/mol. The van der Waals surface area contributed by atoms with Crippen LogP contribution in [0.15, 0.2) is 40.9 Å². The number of hydrogen-bond donors (Lipinski definition) is 1. The van der Waals surface area contributed by atoms with Crippen LogP contribution >= 0.6 is 50.7 Å². The van der Waals surface area contributed by atoms with Gasteiger partial charge in [-0.2, -0.15) is 4.31 Å². The average Bonchev–Trinajstić information content (AvgIpc) is 2.53. The minimum absolute atomic E-state index is 0.0641. The third-order valence-electron chi connectivity index (χ3n) is 3.35. The smallest absolute Gasteiger partial charge is 0.239 e. The third kappa shape index (κ3) is 6.11. The van der Waals surface area contributed by atoms with Crippen LogP contribution in [0.1, 0.15) is 5.56 Å². The molecule has 0 unspecified atom stereocenters. The van der Waals surface area contributed by atoms with Gasteiger partial charge in [-0.05, 0) is 29.8 Å². The highest BCUT2D eigenvalue weighted by atomic mass is 79.9.